The number of hydrogen-bond donors (Lipinski definition) is 2. The molecule has 0 amide bonds. The van der Waals surface area contributed by atoms with Crippen LogP contribution in [0.25, 0.3) is 0 Å². The van der Waals surface area contributed by atoms with E-state index in [4.69, 9.17) is 0 Å². The molecular formula is C27H29NO3. The highest BCUT2D eigenvalue weighted by Gasteiger charge is 2.48. The lowest BCUT2D eigenvalue weighted by Crippen LogP contribution is -2.56. The van der Waals surface area contributed by atoms with Gasteiger partial charge in [0.15, 0.2) is 5.78 Å². The molecule has 1 heterocycles. The topological polar surface area (TPSA) is 60.8 Å². The molecule has 1 aliphatic heterocycles. The molecule has 4 unspecified atom stereocenters. The lowest BCUT2D eigenvalue weighted by atomic mass is 9.72. The van der Waals surface area contributed by atoms with Crippen molar-refractivity contribution >= 4 is 5.78 Å². The third-order valence-electron chi connectivity index (χ3n) is 6.60. The predicted octanol–water partition coefficient (Wildman–Crippen LogP) is 4.20. The molecule has 2 N–H and O–H groups in total. The van der Waals surface area contributed by atoms with Crippen LogP contribution in [0.2, 0.25) is 0 Å². The van der Waals surface area contributed by atoms with Gasteiger partial charge in [-0.15, -0.1) is 0 Å². The largest absolute Gasteiger partial charge is 0.387 e. The molecule has 160 valence electrons. The average molecular weight is 416 g/mol. The highest BCUT2D eigenvalue weighted by atomic mass is 16.3. The van der Waals surface area contributed by atoms with Gasteiger partial charge in [0.05, 0.1) is 12.0 Å². The Morgan fingerprint density at radius 2 is 1.48 bits per heavy atom. The number of carbonyl (C=O) groups is 1. The number of aliphatic hydroxyl groups excluding tert-OH is 1. The number of likely N-dealkylation sites (tertiary alicyclic amines) is 1. The van der Waals surface area contributed by atoms with E-state index in [-0.39, 0.29) is 11.8 Å². The lowest BCUT2D eigenvalue weighted by molar-refractivity contribution is -0.0823. The van der Waals surface area contributed by atoms with Crippen molar-refractivity contribution in [1.82, 2.24) is 4.90 Å². The number of benzene rings is 3. The maximum absolute atomic E-state index is 13.5. The van der Waals surface area contributed by atoms with E-state index in [1.165, 1.54) is 0 Å². The van der Waals surface area contributed by atoms with Crippen molar-refractivity contribution in [2.75, 3.05) is 13.1 Å². The zero-order chi connectivity index (χ0) is 21.8. The number of Topliss-reactive ketones (excluding diaryl/α,β-unsaturated/α-hetero) is 1. The first-order chi connectivity index (χ1) is 15.0. The van der Waals surface area contributed by atoms with Gasteiger partial charge in [-0.25, -0.2) is 0 Å². The summed E-state index contributed by atoms with van der Waals surface area (Å²) in [5.74, 6) is -0.700. The van der Waals surface area contributed by atoms with Crippen LogP contribution in [0.15, 0.2) is 91.0 Å². The summed E-state index contributed by atoms with van der Waals surface area (Å²) in [7, 11) is 0. The van der Waals surface area contributed by atoms with Crippen molar-refractivity contribution in [1.29, 1.82) is 0 Å². The second-order valence-corrected chi connectivity index (χ2v) is 8.41. The van der Waals surface area contributed by atoms with Crippen LogP contribution in [0.4, 0.5) is 0 Å². The number of rotatable bonds is 6. The Labute approximate surface area is 183 Å². The minimum absolute atomic E-state index is 0.0712. The van der Waals surface area contributed by atoms with Crippen LogP contribution < -0.4 is 0 Å². The van der Waals surface area contributed by atoms with Crippen molar-refractivity contribution in [3.63, 3.8) is 0 Å². The predicted molar refractivity (Wildman–Crippen MR) is 122 cm³/mol. The fourth-order valence-electron chi connectivity index (χ4n) is 4.64. The molecule has 1 fully saturated rings. The Kier molecular flexibility index (Phi) is 6.33. The third kappa shape index (κ3) is 4.33. The molecule has 4 heteroatoms. The third-order valence-corrected chi connectivity index (χ3v) is 6.60. The zero-order valence-electron chi connectivity index (χ0n) is 17.8. The van der Waals surface area contributed by atoms with E-state index in [0.717, 1.165) is 11.1 Å². The molecular weight excluding hydrogens is 386 g/mol. The van der Waals surface area contributed by atoms with Crippen LogP contribution in [-0.4, -0.2) is 40.0 Å². The summed E-state index contributed by atoms with van der Waals surface area (Å²) in [5.41, 5.74) is 0.965. The van der Waals surface area contributed by atoms with Gasteiger partial charge >= 0.3 is 0 Å². The Balaban J connectivity index is 1.64. The molecule has 0 saturated carbocycles. The van der Waals surface area contributed by atoms with E-state index < -0.39 is 17.6 Å². The number of carbonyl (C=O) groups excluding carboxylic acids is 1. The van der Waals surface area contributed by atoms with E-state index in [2.05, 4.69) is 4.90 Å². The van der Waals surface area contributed by atoms with Gasteiger partial charge in [-0.3, -0.25) is 9.69 Å². The standard InChI is InChI=1S/C27H29NO3/c1-20(25(29)21-11-5-2-6-12-21)28-18-17-27(31,23-15-9-4-10-16-23)24(19-28)26(30)22-13-7-3-8-14-22/h2-16,20,24-25,29,31H,17-19H2,1H3. The Morgan fingerprint density at radius 1 is 0.935 bits per heavy atom. The first-order valence-electron chi connectivity index (χ1n) is 10.8. The molecule has 0 aliphatic carbocycles. The minimum atomic E-state index is -1.25. The van der Waals surface area contributed by atoms with Gasteiger partial charge in [0.2, 0.25) is 0 Å². The SMILES string of the molecule is CC(C(O)c1ccccc1)N1CCC(O)(c2ccccc2)C(C(=O)c2ccccc2)C1. The summed E-state index contributed by atoms with van der Waals surface area (Å²) in [6.07, 6.45) is -0.247. The van der Waals surface area contributed by atoms with Crippen molar-refractivity contribution in [3.8, 4) is 0 Å². The first kappa shape index (κ1) is 21.4. The first-order valence-corrected chi connectivity index (χ1v) is 10.8. The monoisotopic (exact) mass is 415 g/mol. The maximum Gasteiger partial charge on any atom is 0.170 e. The highest BCUT2D eigenvalue weighted by Crippen LogP contribution is 2.40. The molecule has 3 aromatic carbocycles. The number of aliphatic hydroxyl groups is 2. The molecule has 4 nitrogen and oxygen atoms in total. The molecule has 0 radical (unpaired) electrons. The van der Waals surface area contributed by atoms with Crippen LogP contribution in [-0.2, 0) is 5.60 Å². The molecule has 1 aliphatic rings. The summed E-state index contributed by atoms with van der Waals surface area (Å²) in [6.45, 7) is 2.95. The van der Waals surface area contributed by atoms with Gasteiger partial charge in [-0.1, -0.05) is 91.0 Å². The van der Waals surface area contributed by atoms with Gasteiger partial charge in [0, 0.05) is 24.7 Å². The van der Waals surface area contributed by atoms with Crippen molar-refractivity contribution in [3.05, 3.63) is 108 Å². The van der Waals surface area contributed by atoms with Crippen LogP contribution in [0, 0.1) is 5.92 Å². The van der Waals surface area contributed by atoms with E-state index in [9.17, 15) is 15.0 Å². The maximum atomic E-state index is 13.5. The van der Waals surface area contributed by atoms with Crippen LogP contribution in [0.5, 0.6) is 0 Å². The zero-order valence-corrected chi connectivity index (χ0v) is 17.8. The fraction of sp³-hybridized carbons (Fsp3) is 0.296. The van der Waals surface area contributed by atoms with Gasteiger partial charge in [0.1, 0.15) is 5.60 Å². The molecule has 4 rings (SSSR count). The van der Waals surface area contributed by atoms with Crippen LogP contribution >= 0.6 is 0 Å². The van der Waals surface area contributed by atoms with Gasteiger partial charge in [-0.2, -0.15) is 0 Å². The number of hydrogen-bond acceptors (Lipinski definition) is 4. The molecule has 0 bridgehead atoms. The molecule has 31 heavy (non-hydrogen) atoms. The summed E-state index contributed by atoms with van der Waals surface area (Å²) in [6, 6.07) is 28.1. The molecule has 0 spiro atoms. The number of ketones is 1. The summed E-state index contributed by atoms with van der Waals surface area (Å²) < 4.78 is 0. The second kappa shape index (κ2) is 9.15. The number of piperidine rings is 1. The van der Waals surface area contributed by atoms with Crippen molar-refractivity contribution in [2.24, 2.45) is 5.92 Å². The second-order valence-electron chi connectivity index (χ2n) is 8.41. The van der Waals surface area contributed by atoms with Crippen LogP contribution in [0.1, 0.15) is 40.9 Å². The summed E-state index contributed by atoms with van der Waals surface area (Å²) >= 11 is 0. The Bertz CT molecular complexity index is 993. The molecule has 3 aromatic rings. The van der Waals surface area contributed by atoms with Crippen molar-refractivity contribution in [2.45, 2.75) is 31.1 Å². The molecule has 0 aromatic heterocycles. The normalized spacial score (nSPS) is 23.8. The van der Waals surface area contributed by atoms with Gasteiger partial charge < -0.3 is 10.2 Å². The van der Waals surface area contributed by atoms with E-state index in [0.29, 0.717) is 25.1 Å². The number of nitrogens with zero attached hydrogens (tertiary/aromatic N) is 1. The van der Waals surface area contributed by atoms with Gasteiger partial charge in [0.25, 0.3) is 0 Å². The highest BCUT2D eigenvalue weighted by molar-refractivity contribution is 5.99. The fourth-order valence-corrected chi connectivity index (χ4v) is 4.64. The molecule has 4 atom stereocenters. The van der Waals surface area contributed by atoms with Crippen molar-refractivity contribution < 1.29 is 15.0 Å². The summed E-state index contributed by atoms with van der Waals surface area (Å²) in [5, 5.41) is 22.7. The average Bonchev–Trinajstić information content (AvgIpc) is 2.84. The van der Waals surface area contributed by atoms with E-state index >= 15 is 0 Å². The Hall–Kier alpha value is -2.79. The van der Waals surface area contributed by atoms with Crippen LogP contribution in [0.3, 0.4) is 0 Å². The Morgan fingerprint density at radius 3 is 2.10 bits per heavy atom. The van der Waals surface area contributed by atoms with E-state index in [1.54, 1.807) is 12.1 Å². The lowest BCUT2D eigenvalue weighted by Gasteiger charge is -2.47. The van der Waals surface area contributed by atoms with Gasteiger partial charge in [-0.05, 0) is 24.5 Å². The molecule has 1 saturated heterocycles. The smallest absolute Gasteiger partial charge is 0.170 e. The quantitative estimate of drug-likeness (QED) is 0.593. The summed E-state index contributed by atoms with van der Waals surface area (Å²) in [4.78, 5) is 15.7. The minimum Gasteiger partial charge on any atom is -0.387 e. The van der Waals surface area contributed by atoms with E-state index in [1.807, 2.05) is 85.8 Å².